The lowest BCUT2D eigenvalue weighted by atomic mass is 9.54. The van der Waals surface area contributed by atoms with Crippen LogP contribution in [-0.4, -0.2) is 51.8 Å². The number of hydrogen-bond donors (Lipinski definition) is 2. The highest BCUT2D eigenvalue weighted by atomic mass is 16.6. The smallest absolute Gasteiger partial charge is 0.523 e. The Bertz CT molecular complexity index is 924. The van der Waals surface area contributed by atoms with Gasteiger partial charge in [0.15, 0.2) is 0 Å². The third-order valence-electron chi connectivity index (χ3n) is 6.36. The first-order chi connectivity index (χ1) is 13.6. The van der Waals surface area contributed by atoms with E-state index in [4.69, 9.17) is 9.39 Å². The van der Waals surface area contributed by atoms with Crippen molar-refractivity contribution in [2.24, 2.45) is 11.8 Å². The first kappa shape index (κ1) is 20.1. The molecule has 0 aromatic carbocycles. The third kappa shape index (κ3) is 3.59. The van der Waals surface area contributed by atoms with E-state index in [1.165, 1.54) is 0 Å². The van der Waals surface area contributed by atoms with Crippen LogP contribution in [0.5, 0.6) is 5.75 Å². The molecule has 1 unspecified atom stereocenters. The van der Waals surface area contributed by atoms with Gasteiger partial charge in [0.05, 0.1) is 6.20 Å². The molecule has 2 N–H and O–H groups in total. The fraction of sp³-hybridized carbons (Fsp3) is 0.619. The van der Waals surface area contributed by atoms with Crippen LogP contribution in [0, 0.1) is 11.8 Å². The summed E-state index contributed by atoms with van der Waals surface area (Å²) < 4.78 is 11.3. The highest BCUT2D eigenvalue weighted by Crippen LogP contribution is 2.51. The summed E-state index contributed by atoms with van der Waals surface area (Å²) in [5.41, 5.74) is 1.15. The Morgan fingerprint density at radius 2 is 2.24 bits per heavy atom. The van der Waals surface area contributed by atoms with Crippen LogP contribution in [0.4, 0.5) is 4.79 Å². The number of nitrogens with zero attached hydrogens (tertiary/aromatic N) is 2. The van der Waals surface area contributed by atoms with Crippen molar-refractivity contribution in [3.05, 3.63) is 24.0 Å². The lowest BCUT2D eigenvalue weighted by Gasteiger charge is -2.49. The van der Waals surface area contributed by atoms with Gasteiger partial charge in [-0.25, -0.2) is 9.78 Å². The number of likely N-dealkylation sites (tertiary alicyclic amines) is 1. The summed E-state index contributed by atoms with van der Waals surface area (Å²) in [5, 5.41) is 11.5. The summed E-state index contributed by atoms with van der Waals surface area (Å²) in [6, 6.07) is 2.03. The standard InChI is InChI=1S/C21H30BN3O4/c1-13-11-25(19(26)28-20(2,3)4)9-7-15(13)21(5)12-22(27)29-16-10-24-18-14(17(16)21)6-8-23-18/h6,8,10,13,15,27H,7,9,11-12H2,1-5H3,(H,23,24)/t13-,15+,21?/m0/s1. The number of hydrogen-bond acceptors (Lipinski definition) is 5. The van der Waals surface area contributed by atoms with Gasteiger partial charge in [0.1, 0.15) is 17.0 Å². The number of H-pyrrole nitrogens is 1. The number of fused-ring (bicyclic) bond motifs is 3. The molecule has 3 atom stereocenters. The van der Waals surface area contributed by atoms with Crippen LogP contribution in [0.2, 0.25) is 6.32 Å². The summed E-state index contributed by atoms with van der Waals surface area (Å²) in [7, 11) is -0.859. The summed E-state index contributed by atoms with van der Waals surface area (Å²) in [6.45, 7) is 11.4. The molecule has 0 saturated carbocycles. The second-order valence-electron chi connectivity index (χ2n) is 9.73. The van der Waals surface area contributed by atoms with Crippen molar-refractivity contribution >= 4 is 24.2 Å². The van der Waals surface area contributed by atoms with Gasteiger partial charge in [0.25, 0.3) is 0 Å². The van der Waals surface area contributed by atoms with Crippen molar-refractivity contribution in [3.8, 4) is 5.75 Å². The Kier molecular flexibility index (Phi) is 4.80. The molecule has 2 aromatic rings. The van der Waals surface area contributed by atoms with E-state index in [-0.39, 0.29) is 17.4 Å². The molecule has 4 heterocycles. The van der Waals surface area contributed by atoms with E-state index in [0.29, 0.717) is 31.1 Å². The molecule has 2 aliphatic rings. The second-order valence-corrected chi connectivity index (χ2v) is 9.73. The zero-order chi connectivity index (χ0) is 21.0. The van der Waals surface area contributed by atoms with Gasteiger partial charge in [0, 0.05) is 36.6 Å². The lowest BCUT2D eigenvalue weighted by molar-refractivity contribution is 0.00514. The molecule has 0 spiro atoms. The van der Waals surface area contributed by atoms with Gasteiger partial charge in [-0.1, -0.05) is 13.8 Å². The first-order valence-corrected chi connectivity index (χ1v) is 10.4. The van der Waals surface area contributed by atoms with E-state index in [1.807, 2.05) is 37.9 Å². The molecule has 29 heavy (non-hydrogen) atoms. The number of pyridine rings is 1. The van der Waals surface area contributed by atoms with Crippen LogP contribution in [0.3, 0.4) is 0 Å². The number of aromatic nitrogens is 2. The fourth-order valence-corrected chi connectivity index (χ4v) is 5.24. The van der Waals surface area contributed by atoms with Crippen LogP contribution < -0.4 is 4.65 Å². The van der Waals surface area contributed by atoms with Gasteiger partial charge in [0.2, 0.25) is 0 Å². The van der Waals surface area contributed by atoms with Crippen LogP contribution in [0.25, 0.3) is 11.0 Å². The molecule has 156 valence electrons. The third-order valence-corrected chi connectivity index (χ3v) is 6.36. The number of ether oxygens (including phenoxy) is 1. The number of carbonyl (C=O) groups is 1. The number of amides is 1. The minimum atomic E-state index is -0.859. The normalized spacial score (nSPS) is 27.5. The van der Waals surface area contributed by atoms with Gasteiger partial charge in [-0.2, -0.15) is 0 Å². The summed E-state index contributed by atoms with van der Waals surface area (Å²) in [5.74, 6) is 1.20. The van der Waals surface area contributed by atoms with Crippen molar-refractivity contribution in [2.45, 2.75) is 58.4 Å². The lowest BCUT2D eigenvalue weighted by Crippen LogP contribution is -2.52. The predicted molar refractivity (Wildman–Crippen MR) is 112 cm³/mol. The monoisotopic (exact) mass is 399 g/mol. The Morgan fingerprint density at radius 3 is 2.93 bits per heavy atom. The molecule has 4 rings (SSSR count). The zero-order valence-electron chi connectivity index (χ0n) is 17.9. The van der Waals surface area contributed by atoms with Crippen molar-refractivity contribution in [1.29, 1.82) is 0 Å². The van der Waals surface area contributed by atoms with E-state index < -0.39 is 12.7 Å². The average molecular weight is 399 g/mol. The molecule has 2 aromatic heterocycles. The number of carbonyl (C=O) groups excluding carboxylic acids is 1. The molecular formula is C21H30BN3O4. The van der Waals surface area contributed by atoms with Gasteiger partial charge in [-0.05, 0) is 50.5 Å². The Balaban J connectivity index is 1.64. The number of aromatic amines is 1. The van der Waals surface area contributed by atoms with Gasteiger partial charge in [-0.15, -0.1) is 0 Å². The van der Waals surface area contributed by atoms with Crippen molar-refractivity contribution < 1.29 is 19.2 Å². The quantitative estimate of drug-likeness (QED) is 0.716. The highest BCUT2D eigenvalue weighted by Gasteiger charge is 2.50. The molecule has 7 nitrogen and oxygen atoms in total. The van der Waals surface area contributed by atoms with E-state index in [9.17, 15) is 9.82 Å². The molecule has 1 amide bonds. The molecule has 0 bridgehead atoms. The Hall–Kier alpha value is -2.22. The Labute approximate surface area is 171 Å². The maximum Gasteiger partial charge on any atom is 0.523 e. The van der Waals surface area contributed by atoms with Gasteiger partial charge >= 0.3 is 13.2 Å². The van der Waals surface area contributed by atoms with Crippen LogP contribution >= 0.6 is 0 Å². The van der Waals surface area contributed by atoms with Crippen LogP contribution in [0.15, 0.2) is 18.5 Å². The molecule has 8 heteroatoms. The van der Waals surface area contributed by atoms with Gasteiger partial charge < -0.3 is 24.3 Å². The molecule has 2 aliphatic heterocycles. The molecule has 1 fully saturated rings. The van der Waals surface area contributed by atoms with Crippen LogP contribution in [-0.2, 0) is 10.2 Å². The number of nitrogens with one attached hydrogen (secondary N) is 1. The second kappa shape index (κ2) is 6.94. The summed E-state index contributed by atoms with van der Waals surface area (Å²) in [4.78, 5) is 22.0. The predicted octanol–water partition coefficient (Wildman–Crippen LogP) is 3.59. The first-order valence-electron chi connectivity index (χ1n) is 10.4. The number of piperidine rings is 1. The maximum atomic E-state index is 12.5. The fourth-order valence-electron chi connectivity index (χ4n) is 5.24. The Morgan fingerprint density at radius 1 is 1.48 bits per heavy atom. The average Bonchev–Trinajstić information content (AvgIpc) is 3.07. The van der Waals surface area contributed by atoms with Crippen molar-refractivity contribution in [3.63, 3.8) is 0 Å². The zero-order valence-corrected chi connectivity index (χ0v) is 17.9. The van der Waals surface area contributed by atoms with Crippen molar-refractivity contribution in [1.82, 2.24) is 14.9 Å². The maximum absolute atomic E-state index is 12.5. The van der Waals surface area contributed by atoms with Crippen LogP contribution in [0.1, 0.15) is 46.6 Å². The van der Waals surface area contributed by atoms with E-state index in [0.717, 1.165) is 23.0 Å². The van der Waals surface area contributed by atoms with E-state index in [1.54, 1.807) is 6.20 Å². The molecular weight excluding hydrogens is 369 g/mol. The SMILES string of the molecule is C[C@H]1CN(C(=O)OC(C)(C)C)CC[C@H]1C1(C)CB(O)Oc2cnc3[nH]ccc3c21. The summed E-state index contributed by atoms with van der Waals surface area (Å²) >= 11 is 0. The molecule has 1 saturated heterocycles. The van der Waals surface area contributed by atoms with E-state index >= 15 is 0 Å². The van der Waals surface area contributed by atoms with Crippen molar-refractivity contribution in [2.75, 3.05) is 13.1 Å². The van der Waals surface area contributed by atoms with Gasteiger partial charge in [-0.3, -0.25) is 0 Å². The molecule has 0 radical (unpaired) electrons. The largest absolute Gasteiger partial charge is 0.535 e. The minimum Gasteiger partial charge on any atom is -0.535 e. The topological polar surface area (TPSA) is 87.7 Å². The molecule has 0 aliphatic carbocycles. The number of rotatable bonds is 1. The minimum absolute atomic E-state index is 0.251. The highest BCUT2D eigenvalue weighted by molar-refractivity contribution is 6.44. The summed E-state index contributed by atoms with van der Waals surface area (Å²) in [6.07, 6.45) is 4.70. The van der Waals surface area contributed by atoms with E-state index in [2.05, 4.69) is 23.8 Å².